The number of hydrogen-bond donors (Lipinski definition) is 5. The number of aromatic hydroxyl groups is 1. The summed E-state index contributed by atoms with van der Waals surface area (Å²) in [5, 5.41) is 39.2. The summed E-state index contributed by atoms with van der Waals surface area (Å²) >= 11 is 0. The van der Waals surface area contributed by atoms with Crippen LogP contribution in [-0.4, -0.2) is 134 Å². The first-order valence-electron chi connectivity index (χ1n) is 25.9. The highest BCUT2D eigenvalue weighted by atomic mass is 19.1. The molecule has 0 unspecified atom stereocenters. The second-order valence-corrected chi connectivity index (χ2v) is 21.8. The van der Waals surface area contributed by atoms with Crippen molar-refractivity contribution in [2.45, 2.75) is 122 Å². The Morgan fingerprint density at radius 1 is 0.917 bits per heavy atom. The third-order valence-corrected chi connectivity index (χ3v) is 16.1. The molecule has 3 amide bonds. The number of piperazine rings is 1. The first-order valence-corrected chi connectivity index (χ1v) is 25.9. The Hall–Kier alpha value is -6.38. The van der Waals surface area contributed by atoms with Crippen LogP contribution in [0.5, 0.6) is 5.75 Å². The van der Waals surface area contributed by atoms with Crippen LogP contribution in [0.3, 0.4) is 0 Å². The summed E-state index contributed by atoms with van der Waals surface area (Å²) in [6.45, 7) is 13.4. The van der Waals surface area contributed by atoms with Gasteiger partial charge >= 0.3 is 0 Å². The molecule has 5 heterocycles. The first-order chi connectivity index (χ1) is 34.6. The SMILES string of the molecule is C#Cc1ccc(CNC(=O)[C@@H]2C[C@@H](O)CN2C(=O)[C@@H](NC(=O)[C@H]2CCC3(CC2)C[C@H](N2CCC(c4cnc(N5CCN(c6cc(-c7ccccc7O)nnc6NCC)CC5)nc4)CC2)C3)C(C)(C)C)c(F)c1. The second-order valence-electron chi connectivity index (χ2n) is 21.8. The van der Waals surface area contributed by atoms with E-state index in [1.165, 1.54) is 22.6 Å². The maximum absolute atomic E-state index is 14.6. The van der Waals surface area contributed by atoms with Crippen LogP contribution in [0.4, 0.5) is 21.8 Å². The van der Waals surface area contributed by atoms with Crippen LogP contribution in [0, 0.1) is 34.9 Å². The molecule has 0 bridgehead atoms. The van der Waals surface area contributed by atoms with Gasteiger partial charge < -0.3 is 45.8 Å². The number of aromatic nitrogens is 4. The zero-order chi connectivity index (χ0) is 50.7. The zero-order valence-electron chi connectivity index (χ0n) is 42.1. The van der Waals surface area contributed by atoms with E-state index in [4.69, 9.17) is 16.4 Å². The molecule has 5 aliphatic rings. The molecule has 4 aromatic rings. The number of aliphatic hydroxyl groups is 1. The van der Waals surface area contributed by atoms with Gasteiger partial charge in [-0.15, -0.1) is 16.6 Å². The molecule has 2 aromatic heterocycles. The van der Waals surface area contributed by atoms with Gasteiger partial charge in [0.05, 0.1) is 17.5 Å². The van der Waals surface area contributed by atoms with Crippen LogP contribution in [0.15, 0.2) is 60.9 Å². The minimum absolute atomic E-state index is 0.0340. The van der Waals surface area contributed by atoms with Crippen LogP contribution in [0.1, 0.15) is 108 Å². The average Bonchev–Trinajstić information content (AvgIpc) is 3.78. The van der Waals surface area contributed by atoms with E-state index in [0.717, 1.165) is 115 Å². The Morgan fingerprint density at radius 3 is 2.26 bits per heavy atom. The van der Waals surface area contributed by atoms with Crippen molar-refractivity contribution in [2.75, 3.05) is 67.5 Å². The van der Waals surface area contributed by atoms with E-state index in [1.807, 2.05) is 58.3 Å². The van der Waals surface area contributed by atoms with Gasteiger partial charge in [0.1, 0.15) is 23.7 Å². The molecule has 2 saturated carbocycles. The molecular formula is C55H70FN11O5. The predicted molar refractivity (Wildman–Crippen MR) is 274 cm³/mol. The van der Waals surface area contributed by atoms with E-state index >= 15 is 0 Å². The highest BCUT2D eigenvalue weighted by molar-refractivity contribution is 5.93. The smallest absolute Gasteiger partial charge is 0.246 e. The largest absolute Gasteiger partial charge is 0.507 e. The number of nitrogens with one attached hydrogen (secondary N) is 3. The van der Waals surface area contributed by atoms with Gasteiger partial charge in [0.15, 0.2) is 5.82 Å². The summed E-state index contributed by atoms with van der Waals surface area (Å²) < 4.78 is 14.6. The number of phenolic OH excluding ortho intramolecular Hbond substituents is 1. The number of carbonyl (C=O) groups is 3. The van der Waals surface area contributed by atoms with Gasteiger partial charge in [-0.05, 0) is 124 Å². The summed E-state index contributed by atoms with van der Waals surface area (Å²) in [7, 11) is 0. The number of piperidine rings is 1. The number of para-hydroxylation sites is 1. The van der Waals surface area contributed by atoms with Gasteiger partial charge in [-0.25, -0.2) is 14.4 Å². The van der Waals surface area contributed by atoms with Gasteiger partial charge in [0.2, 0.25) is 23.7 Å². The minimum Gasteiger partial charge on any atom is -0.507 e. The average molecular weight is 984 g/mol. The molecule has 16 nitrogen and oxygen atoms in total. The van der Waals surface area contributed by atoms with Crippen molar-refractivity contribution in [1.29, 1.82) is 0 Å². The Morgan fingerprint density at radius 2 is 1.61 bits per heavy atom. The third kappa shape index (κ3) is 11.0. The molecule has 72 heavy (non-hydrogen) atoms. The monoisotopic (exact) mass is 984 g/mol. The molecule has 382 valence electrons. The van der Waals surface area contributed by atoms with Crippen molar-refractivity contribution in [3.05, 3.63) is 83.4 Å². The lowest BCUT2D eigenvalue weighted by atomic mass is 9.56. The van der Waals surface area contributed by atoms with Crippen molar-refractivity contribution in [1.82, 2.24) is 40.6 Å². The Labute approximate surface area is 422 Å². The Balaban J connectivity index is 0.714. The number of phenols is 1. The molecule has 0 radical (unpaired) electrons. The first kappa shape index (κ1) is 50.6. The number of rotatable bonds is 13. The number of β-amino-alcohol motifs (C(OH)–C–C–N with tert-alkyl or cyclic N) is 1. The van der Waals surface area contributed by atoms with Gasteiger partial charge in [-0.3, -0.25) is 14.4 Å². The van der Waals surface area contributed by atoms with Crippen LogP contribution in [0.2, 0.25) is 0 Å². The summed E-state index contributed by atoms with van der Waals surface area (Å²) in [4.78, 5) is 59.9. The number of terminal acetylenes is 1. The minimum atomic E-state index is -0.960. The molecule has 9 rings (SSSR count). The molecule has 3 atom stereocenters. The van der Waals surface area contributed by atoms with E-state index in [-0.39, 0.29) is 48.1 Å². The summed E-state index contributed by atoms with van der Waals surface area (Å²) in [5.41, 5.74) is 3.67. The highest BCUT2D eigenvalue weighted by Gasteiger charge is 2.50. The maximum Gasteiger partial charge on any atom is 0.246 e. The van der Waals surface area contributed by atoms with E-state index in [1.54, 1.807) is 18.2 Å². The molecule has 5 fully saturated rings. The fourth-order valence-electron chi connectivity index (χ4n) is 11.7. The van der Waals surface area contributed by atoms with Crippen molar-refractivity contribution >= 4 is 35.2 Å². The number of amides is 3. The molecule has 1 spiro atoms. The van der Waals surface area contributed by atoms with E-state index in [0.29, 0.717) is 28.8 Å². The van der Waals surface area contributed by atoms with Gasteiger partial charge in [-0.1, -0.05) is 44.9 Å². The van der Waals surface area contributed by atoms with Crippen molar-refractivity contribution < 1.29 is 29.0 Å². The van der Waals surface area contributed by atoms with Crippen molar-refractivity contribution in [3.8, 4) is 29.4 Å². The lowest BCUT2D eigenvalue weighted by Gasteiger charge is -2.55. The van der Waals surface area contributed by atoms with Gasteiger partial charge in [-0.2, -0.15) is 0 Å². The molecule has 3 aliphatic heterocycles. The second kappa shape index (κ2) is 21.4. The van der Waals surface area contributed by atoms with Crippen LogP contribution in [0.25, 0.3) is 11.3 Å². The number of halogens is 1. The van der Waals surface area contributed by atoms with E-state index in [9.17, 15) is 29.0 Å². The van der Waals surface area contributed by atoms with E-state index in [2.05, 4.69) is 46.8 Å². The van der Waals surface area contributed by atoms with Crippen molar-refractivity contribution in [2.24, 2.45) is 16.7 Å². The Kier molecular flexibility index (Phi) is 15.0. The number of aliphatic hydroxyl groups excluding tert-OH is 1. The molecule has 3 saturated heterocycles. The lowest BCUT2D eigenvalue weighted by molar-refractivity contribution is -0.145. The fourth-order valence-corrected chi connectivity index (χ4v) is 11.7. The quantitative estimate of drug-likeness (QED) is 0.101. The number of likely N-dealkylation sites (tertiary alicyclic amines) is 2. The summed E-state index contributed by atoms with van der Waals surface area (Å²) in [6.07, 6.45) is 16.5. The number of benzene rings is 2. The summed E-state index contributed by atoms with van der Waals surface area (Å²) in [6, 6.07) is 12.2. The fraction of sp³-hybridized carbons (Fsp3) is 0.545. The molecule has 5 N–H and O–H groups in total. The van der Waals surface area contributed by atoms with Gasteiger partial charge in [0, 0.05) is 93.3 Å². The number of carbonyl (C=O) groups excluding carboxylic acids is 3. The third-order valence-electron chi connectivity index (χ3n) is 16.1. The van der Waals surface area contributed by atoms with Gasteiger partial charge in [0.25, 0.3) is 0 Å². The normalized spacial score (nSPS) is 24.3. The highest BCUT2D eigenvalue weighted by Crippen LogP contribution is 2.55. The van der Waals surface area contributed by atoms with Crippen LogP contribution in [-0.2, 0) is 20.9 Å². The predicted octanol–water partition coefficient (Wildman–Crippen LogP) is 5.85. The molecule has 2 aliphatic carbocycles. The topological polar surface area (TPSA) is 192 Å². The standard InChI is InChI=1S/C55H70FN11O5/c1-6-35-12-13-38(43(56)26-35)31-58-51(71)46-27-41(68)34-67(46)52(72)48(54(3,4)5)61-50(70)37-14-18-55(19-15-37)29-40(30-55)64-20-16-36(17-21-64)39-32-59-53(60-33-39)66-24-22-65(23-25-66)45-28-44(62-63-49(45)57-7-2)42-10-8-9-11-47(42)69/h1,8-13,26,28,32-33,36-37,40-41,46,48,68-69H,7,14-25,27,29-31,34H2,2-5H3,(H,57,63)(H,58,71)(H,61,70)/t37-,40-,41-,46+,48-,55?/m1/s1. The maximum atomic E-state index is 14.6. The van der Waals surface area contributed by atoms with Crippen LogP contribution >= 0.6 is 0 Å². The number of nitrogens with zero attached hydrogens (tertiary/aromatic N) is 8. The van der Waals surface area contributed by atoms with E-state index < -0.39 is 41.2 Å². The number of anilines is 3. The summed E-state index contributed by atoms with van der Waals surface area (Å²) in [5.74, 6) is 2.68. The molecule has 2 aromatic carbocycles. The van der Waals surface area contributed by atoms with Crippen molar-refractivity contribution in [3.63, 3.8) is 0 Å². The lowest BCUT2D eigenvalue weighted by Crippen LogP contribution is -2.59. The molecular weight excluding hydrogens is 914 g/mol. The van der Waals surface area contributed by atoms with Crippen LogP contribution < -0.4 is 25.8 Å². The zero-order valence-corrected chi connectivity index (χ0v) is 42.1. The Bertz CT molecular complexity index is 2620. The number of hydrogen-bond acceptors (Lipinski definition) is 13. The molecule has 17 heteroatoms.